The number of carbonyl (C=O) groups excluding carboxylic acids is 2. The van der Waals surface area contributed by atoms with Crippen molar-refractivity contribution in [1.29, 1.82) is 0 Å². The van der Waals surface area contributed by atoms with Crippen LogP contribution in [-0.2, 0) is 14.3 Å². The van der Waals surface area contributed by atoms with Crippen LogP contribution in [0.25, 0.3) is 0 Å². The fourth-order valence-electron chi connectivity index (χ4n) is 6.09. The maximum Gasteiger partial charge on any atom is 0.306 e. The van der Waals surface area contributed by atoms with Crippen LogP contribution >= 0.6 is 0 Å². The second-order valence-electron chi connectivity index (χ2n) is 15.0. The van der Waals surface area contributed by atoms with E-state index in [1.807, 2.05) is 18.2 Å². The molecule has 0 aromatic carbocycles. The number of aliphatic hydroxyl groups excluding tert-OH is 2. The van der Waals surface area contributed by atoms with Crippen LogP contribution < -0.4 is 5.32 Å². The number of rotatable bonds is 39. The summed E-state index contributed by atoms with van der Waals surface area (Å²) in [6.07, 6.45) is 63.0. The highest BCUT2D eigenvalue weighted by Crippen LogP contribution is 2.14. The predicted molar refractivity (Wildman–Crippen MR) is 254 cm³/mol. The van der Waals surface area contributed by atoms with Crippen molar-refractivity contribution in [3.8, 4) is 0 Å². The van der Waals surface area contributed by atoms with Crippen LogP contribution in [0.15, 0.2) is 122 Å². The van der Waals surface area contributed by atoms with Gasteiger partial charge in [-0.05, 0) is 83.1 Å². The molecule has 59 heavy (non-hydrogen) atoms. The van der Waals surface area contributed by atoms with Crippen molar-refractivity contribution in [2.45, 2.75) is 193 Å². The van der Waals surface area contributed by atoms with Crippen molar-refractivity contribution in [1.82, 2.24) is 5.32 Å². The summed E-state index contributed by atoms with van der Waals surface area (Å²) >= 11 is 0. The molecular formula is C53H85NO5. The smallest absolute Gasteiger partial charge is 0.306 e. The zero-order chi connectivity index (χ0) is 43.1. The normalized spacial score (nSPS) is 14.5. The lowest BCUT2D eigenvalue weighted by molar-refractivity contribution is -0.148. The minimum atomic E-state index is -0.837. The molecule has 332 valence electrons. The molecule has 1 amide bonds. The van der Waals surface area contributed by atoms with Crippen LogP contribution in [0.5, 0.6) is 0 Å². The summed E-state index contributed by atoms with van der Waals surface area (Å²) in [6.45, 7) is 6.16. The summed E-state index contributed by atoms with van der Waals surface area (Å²) in [7, 11) is 0. The van der Waals surface area contributed by atoms with E-state index in [9.17, 15) is 19.8 Å². The lowest BCUT2D eigenvalue weighted by atomic mass is 10.0. The van der Waals surface area contributed by atoms with Crippen LogP contribution in [-0.4, -0.2) is 46.9 Å². The number of esters is 1. The van der Waals surface area contributed by atoms with Gasteiger partial charge in [0.1, 0.15) is 6.10 Å². The van der Waals surface area contributed by atoms with Gasteiger partial charge in [-0.25, -0.2) is 0 Å². The molecule has 0 aliphatic rings. The summed E-state index contributed by atoms with van der Waals surface area (Å²) in [4.78, 5) is 25.9. The highest BCUT2D eigenvalue weighted by atomic mass is 16.5. The number of unbranched alkanes of at least 4 members (excludes halogenated alkanes) is 9. The molecule has 3 unspecified atom stereocenters. The van der Waals surface area contributed by atoms with Crippen LogP contribution in [0.2, 0.25) is 0 Å². The molecular weight excluding hydrogens is 731 g/mol. The van der Waals surface area contributed by atoms with E-state index >= 15 is 0 Å². The van der Waals surface area contributed by atoms with Gasteiger partial charge in [0.25, 0.3) is 0 Å². The molecule has 0 saturated carbocycles. The third-order valence-electron chi connectivity index (χ3n) is 9.54. The second-order valence-corrected chi connectivity index (χ2v) is 15.0. The summed E-state index contributed by atoms with van der Waals surface area (Å²) in [5, 5.41) is 23.5. The Balaban J connectivity index is 4.92. The molecule has 0 aliphatic heterocycles. The summed E-state index contributed by atoms with van der Waals surface area (Å²) in [5.74, 6) is -0.744. The third kappa shape index (κ3) is 40.8. The van der Waals surface area contributed by atoms with Gasteiger partial charge in [0.15, 0.2) is 0 Å². The predicted octanol–water partition coefficient (Wildman–Crippen LogP) is 13.7. The average molecular weight is 816 g/mol. The van der Waals surface area contributed by atoms with Gasteiger partial charge in [-0.3, -0.25) is 9.59 Å². The molecule has 0 aromatic heterocycles. The number of hydrogen-bond donors (Lipinski definition) is 3. The Morgan fingerprint density at radius 1 is 0.525 bits per heavy atom. The van der Waals surface area contributed by atoms with Gasteiger partial charge in [-0.1, -0.05) is 200 Å². The lowest BCUT2D eigenvalue weighted by Crippen LogP contribution is -2.46. The van der Waals surface area contributed by atoms with Gasteiger partial charge in [0.2, 0.25) is 5.91 Å². The first-order valence-electron chi connectivity index (χ1n) is 23.3. The van der Waals surface area contributed by atoms with Crippen molar-refractivity contribution in [2.24, 2.45) is 0 Å². The van der Waals surface area contributed by atoms with Gasteiger partial charge < -0.3 is 20.3 Å². The molecule has 0 spiro atoms. The number of allylic oxidation sites excluding steroid dienone is 19. The first kappa shape index (κ1) is 55.3. The van der Waals surface area contributed by atoms with E-state index < -0.39 is 18.2 Å². The number of amides is 1. The van der Waals surface area contributed by atoms with Crippen LogP contribution in [0, 0.1) is 0 Å². The van der Waals surface area contributed by atoms with E-state index in [1.54, 1.807) is 6.08 Å². The second kappa shape index (κ2) is 45.3. The van der Waals surface area contributed by atoms with E-state index in [-0.39, 0.29) is 31.3 Å². The minimum Gasteiger partial charge on any atom is -0.458 e. The molecule has 0 rings (SSSR count). The van der Waals surface area contributed by atoms with Gasteiger partial charge in [-0.2, -0.15) is 0 Å². The quantitative estimate of drug-likeness (QED) is 0.0326. The number of ether oxygens (including phenoxy) is 1. The van der Waals surface area contributed by atoms with E-state index in [1.165, 1.54) is 44.9 Å². The average Bonchev–Trinajstić information content (AvgIpc) is 3.23. The van der Waals surface area contributed by atoms with Crippen LogP contribution in [0.1, 0.15) is 175 Å². The molecule has 6 heteroatoms. The Morgan fingerprint density at radius 3 is 1.34 bits per heavy atom. The van der Waals surface area contributed by atoms with Crippen molar-refractivity contribution in [2.75, 3.05) is 6.61 Å². The molecule has 0 bridgehead atoms. The topological polar surface area (TPSA) is 95.9 Å². The first-order valence-corrected chi connectivity index (χ1v) is 23.3. The van der Waals surface area contributed by atoms with Crippen LogP contribution in [0.4, 0.5) is 0 Å². The highest BCUT2D eigenvalue weighted by Gasteiger charge is 2.23. The maximum absolute atomic E-state index is 13.1. The van der Waals surface area contributed by atoms with E-state index in [4.69, 9.17) is 4.74 Å². The number of aliphatic hydroxyl groups is 2. The van der Waals surface area contributed by atoms with Gasteiger partial charge in [0.05, 0.1) is 25.2 Å². The zero-order valence-electron chi connectivity index (χ0n) is 37.6. The molecule has 3 atom stereocenters. The molecule has 6 nitrogen and oxygen atoms in total. The van der Waals surface area contributed by atoms with Gasteiger partial charge in [-0.15, -0.1) is 0 Å². The molecule has 0 aromatic rings. The first-order chi connectivity index (χ1) is 29.0. The Morgan fingerprint density at radius 2 is 0.915 bits per heavy atom. The molecule has 0 aliphatic carbocycles. The standard InChI is InChI=1S/C53H85NO5/c1-4-7-10-13-16-19-22-24-26-27-29-31-34-37-40-43-46-53(58)59-49(44-41-38-35-32-30-28-25-23-20-17-14-11-8-5-2)47-52(57)54-50(48-55)51(56)45-42-39-36-33-21-18-15-12-9-6-3/h7-8,10-11,16-17,19-20,24-26,28-29,31-32,35,37,40-41,44,49-51,55-56H,4-6,9,12-15,18,21-23,27,30,33-34,36,38-39,42-43,45-48H2,1-3H3,(H,54,57)/b10-7+,11-8+,19-16+,20-17+,26-24+,28-25+,31-29+,35-32+,40-37+,44-41+. The Bertz CT molecular complexity index is 1280. The maximum atomic E-state index is 13.1. The van der Waals surface area contributed by atoms with E-state index in [0.717, 1.165) is 77.0 Å². The molecule has 3 N–H and O–H groups in total. The molecule has 0 heterocycles. The number of hydrogen-bond acceptors (Lipinski definition) is 5. The SMILES string of the molecule is CC/C=C/C/C=C/C/C=C/C/C=C/C/C=C/CCC(=O)OC(/C=C/C/C=C/C/C=C/C/C=C/C/C=C/CC)CC(=O)NC(CO)C(O)CCCCCCCCCCCC. The van der Waals surface area contributed by atoms with E-state index in [0.29, 0.717) is 19.3 Å². The zero-order valence-corrected chi connectivity index (χ0v) is 37.6. The minimum absolute atomic E-state index is 0.0837. The van der Waals surface area contributed by atoms with Crippen LogP contribution in [0.3, 0.4) is 0 Å². The Labute approximate surface area is 361 Å². The molecule has 0 fully saturated rings. The third-order valence-corrected chi connectivity index (χ3v) is 9.54. The van der Waals surface area contributed by atoms with Crippen molar-refractivity contribution < 1.29 is 24.5 Å². The van der Waals surface area contributed by atoms with Crippen molar-refractivity contribution in [3.63, 3.8) is 0 Å². The van der Waals surface area contributed by atoms with Gasteiger partial charge >= 0.3 is 5.97 Å². The van der Waals surface area contributed by atoms with Crippen molar-refractivity contribution >= 4 is 11.9 Å². The fraction of sp³-hybridized carbons (Fsp3) is 0.585. The molecule has 0 radical (unpaired) electrons. The Kier molecular flexibility index (Phi) is 42.5. The highest BCUT2D eigenvalue weighted by molar-refractivity contribution is 5.78. The summed E-state index contributed by atoms with van der Waals surface area (Å²) in [5.41, 5.74) is 0. The molecule has 0 saturated heterocycles. The number of carbonyl (C=O) groups is 2. The number of nitrogens with one attached hydrogen (secondary N) is 1. The lowest BCUT2D eigenvalue weighted by Gasteiger charge is -2.23. The Hall–Kier alpha value is -3.74. The fourth-order valence-corrected chi connectivity index (χ4v) is 6.09. The largest absolute Gasteiger partial charge is 0.458 e. The van der Waals surface area contributed by atoms with E-state index in [2.05, 4.69) is 123 Å². The van der Waals surface area contributed by atoms with Gasteiger partial charge in [0, 0.05) is 6.42 Å². The monoisotopic (exact) mass is 816 g/mol. The van der Waals surface area contributed by atoms with Crippen molar-refractivity contribution in [3.05, 3.63) is 122 Å². The summed E-state index contributed by atoms with van der Waals surface area (Å²) in [6, 6.07) is -0.763. The summed E-state index contributed by atoms with van der Waals surface area (Å²) < 4.78 is 5.75.